The van der Waals surface area contributed by atoms with Crippen molar-refractivity contribution in [2.24, 2.45) is 5.10 Å². The number of halogens is 2. The molecule has 0 aliphatic carbocycles. The van der Waals surface area contributed by atoms with E-state index in [9.17, 15) is 0 Å². The van der Waals surface area contributed by atoms with E-state index in [4.69, 9.17) is 26.2 Å². The number of nitrogens with zero attached hydrogens (tertiary/aromatic N) is 2. The summed E-state index contributed by atoms with van der Waals surface area (Å²) in [6, 6.07) is 22.0. The molecule has 2 heterocycles. The molecule has 0 bridgehead atoms. The molecule has 5 rings (SSSR count). The van der Waals surface area contributed by atoms with E-state index in [1.165, 1.54) is 0 Å². The number of hydrogen-bond donors (Lipinski definition) is 0. The van der Waals surface area contributed by atoms with E-state index in [0.717, 1.165) is 44.8 Å². The SMILES string of the molecule is C=CCOc1ccc(C2=NN3C(C2)c2cc(Br)ccc2OC3c2ccc(Cl)cc2)cc1. The van der Waals surface area contributed by atoms with Crippen molar-refractivity contribution in [3.63, 3.8) is 0 Å². The Labute approximate surface area is 194 Å². The Morgan fingerprint density at radius 2 is 1.90 bits per heavy atom. The Balaban J connectivity index is 1.51. The van der Waals surface area contributed by atoms with Crippen LogP contribution in [0.15, 0.2) is 89.0 Å². The molecule has 2 aliphatic rings. The highest BCUT2D eigenvalue weighted by Crippen LogP contribution is 2.48. The van der Waals surface area contributed by atoms with Crippen molar-refractivity contribution < 1.29 is 9.47 Å². The summed E-state index contributed by atoms with van der Waals surface area (Å²) >= 11 is 9.70. The van der Waals surface area contributed by atoms with Crippen molar-refractivity contribution in [2.45, 2.75) is 18.7 Å². The number of fused-ring (bicyclic) bond motifs is 3. The van der Waals surface area contributed by atoms with Gasteiger partial charge >= 0.3 is 0 Å². The molecule has 0 saturated heterocycles. The van der Waals surface area contributed by atoms with Gasteiger partial charge in [0.1, 0.15) is 18.1 Å². The lowest BCUT2D eigenvalue weighted by Crippen LogP contribution is -2.33. The first-order valence-corrected chi connectivity index (χ1v) is 11.2. The molecular formula is C25H20BrClN2O2. The summed E-state index contributed by atoms with van der Waals surface area (Å²) in [5, 5.41) is 7.76. The van der Waals surface area contributed by atoms with Gasteiger partial charge < -0.3 is 9.47 Å². The average molecular weight is 496 g/mol. The molecule has 2 unspecified atom stereocenters. The van der Waals surface area contributed by atoms with Crippen molar-refractivity contribution in [2.75, 3.05) is 6.61 Å². The van der Waals surface area contributed by atoms with E-state index in [0.29, 0.717) is 11.6 Å². The van der Waals surface area contributed by atoms with E-state index in [1.54, 1.807) is 6.08 Å². The second-order valence-corrected chi connectivity index (χ2v) is 8.83. The monoisotopic (exact) mass is 494 g/mol. The number of benzene rings is 3. The molecule has 4 nitrogen and oxygen atoms in total. The largest absolute Gasteiger partial charge is 0.490 e. The molecular weight excluding hydrogens is 476 g/mol. The molecule has 0 fully saturated rings. The molecule has 2 aliphatic heterocycles. The molecule has 0 amide bonds. The fraction of sp³-hybridized carbons (Fsp3) is 0.160. The minimum atomic E-state index is -0.316. The van der Waals surface area contributed by atoms with Crippen molar-refractivity contribution >= 4 is 33.2 Å². The Morgan fingerprint density at radius 1 is 1.13 bits per heavy atom. The van der Waals surface area contributed by atoms with Gasteiger partial charge in [0.15, 0.2) is 0 Å². The van der Waals surface area contributed by atoms with Crippen LogP contribution in [0.5, 0.6) is 11.5 Å². The molecule has 6 heteroatoms. The summed E-state index contributed by atoms with van der Waals surface area (Å²) in [5.74, 6) is 1.70. The van der Waals surface area contributed by atoms with Crippen LogP contribution in [0.2, 0.25) is 5.02 Å². The number of rotatable bonds is 5. The lowest BCUT2D eigenvalue weighted by molar-refractivity contribution is -0.0190. The van der Waals surface area contributed by atoms with Gasteiger partial charge in [0, 0.05) is 27.0 Å². The van der Waals surface area contributed by atoms with Crippen LogP contribution in [-0.4, -0.2) is 17.3 Å². The average Bonchev–Trinajstić information content (AvgIpc) is 3.24. The quantitative estimate of drug-likeness (QED) is 0.361. The van der Waals surface area contributed by atoms with E-state index < -0.39 is 0 Å². The Hall–Kier alpha value is -2.76. The van der Waals surface area contributed by atoms with Gasteiger partial charge in [-0.1, -0.05) is 52.3 Å². The minimum absolute atomic E-state index is 0.0913. The van der Waals surface area contributed by atoms with Crippen LogP contribution >= 0.6 is 27.5 Å². The van der Waals surface area contributed by atoms with Crippen molar-refractivity contribution in [3.8, 4) is 11.5 Å². The fourth-order valence-corrected chi connectivity index (χ4v) is 4.48. The van der Waals surface area contributed by atoms with Gasteiger partial charge in [-0.2, -0.15) is 5.10 Å². The van der Waals surface area contributed by atoms with Crippen LogP contribution < -0.4 is 9.47 Å². The lowest BCUT2D eigenvalue weighted by Gasteiger charge is -2.38. The topological polar surface area (TPSA) is 34.1 Å². The maximum Gasteiger partial charge on any atom is 0.213 e. The fourth-order valence-electron chi connectivity index (χ4n) is 3.98. The highest BCUT2D eigenvalue weighted by Gasteiger charge is 2.41. The standard InChI is InChI=1S/C25H20BrClN2O2/c1-2-13-30-20-10-5-16(6-11-20)22-15-23-21-14-18(26)7-12-24(21)31-25(29(23)28-22)17-3-8-19(27)9-4-17/h2-12,14,23,25H,1,13,15H2. The molecule has 0 aromatic heterocycles. The molecule has 156 valence electrons. The highest BCUT2D eigenvalue weighted by molar-refractivity contribution is 9.10. The summed E-state index contributed by atoms with van der Waals surface area (Å²) in [5.41, 5.74) is 4.24. The molecule has 0 radical (unpaired) electrons. The van der Waals surface area contributed by atoms with E-state index in [-0.39, 0.29) is 12.3 Å². The first-order valence-electron chi connectivity index (χ1n) is 10.0. The lowest BCUT2D eigenvalue weighted by atomic mass is 9.96. The predicted octanol–water partition coefficient (Wildman–Crippen LogP) is 6.91. The molecule has 31 heavy (non-hydrogen) atoms. The van der Waals surface area contributed by atoms with Crippen LogP contribution in [-0.2, 0) is 0 Å². The van der Waals surface area contributed by atoms with Crippen molar-refractivity contribution in [1.29, 1.82) is 0 Å². The summed E-state index contributed by atoms with van der Waals surface area (Å²) in [6.45, 7) is 4.17. The highest BCUT2D eigenvalue weighted by atomic mass is 79.9. The smallest absolute Gasteiger partial charge is 0.213 e. The zero-order valence-corrected chi connectivity index (χ0v) is 19.0. The van der Waals surface area contributed by atoms with Crippen molar-refractivity contribution in [3.05, 3.63) is 106 Å². The van der Waals surface area contributed by atoms with Crippen LogP contribution in [0.25, 0.3) is 0 Å². The summed E-state index contributed by atoms with van der Waals surface area (Å²) in [6.07, 6.45) is 2.21. The Bertz CT molecular complexity index is 1150. The molecule has 2 atom stereocenters. The van der Waals surface area contributed by atoms with Crippen LogP contribution in [0, 0.1) is 0 Å². The van der Waals surface area contributed by atoms with Gasteiger partial charge in [0.2, 0.25) is 6.23 Å². The third kappa shape index (κ3) is 3.95. The molecule has 3 aromatic rings. The summed E-state index contributed by atoms with van der Waals surface area (Å²) in [7, 11) is 0. The van der Waals surface area contributed by atoms with Gasteiger partial charge in [-0.15, -0.1) is 0 Å². The number of ether oxygens (including phenoxy) is 2. The van der Waals surface area contributed by atoms with Gasteiger partial charge in [0.25, 0.3) is 0 Å². The van der Waals surface area contributed by atoms with Gasteiger partial charge in [0.05, 0.1) is 11.8 Å². The minimum Gasteiger partial charge on any atom is -0.490 e. The van der Waals surface area contributed by atoms with Crippen molar-refractivity contribution in [1.82, 2.24) is 5.01 Å². The maximum atomic E-state index is 6.40. The molecule has 0 saturated carbocycles. The number of hydrogen-bond acceptors (Lipinski definition) is 4. The molecule has 0 spiro atoms. The first kappa shape index (κ1) is 20.2. The zero-order valence-electron chi connectivity index (χ0n) is 16.7. The van der Waals surface area contributed by atoms with E-state index in [1.807, 2.05) is 48.5 Å². The van der Waals surface area contributed by atoms with E-state index in [2.05, 4.69) is 45.7 Å². The van der Waals surface area contributed by atoms with Crippen LogP contribution in [0.3, 0.4) is 0 Å². The second kappa shape index (κ2) is 8.40. The van der Waals surface area contributed by atoms with Gasteiger partial charge in [-0.3, -0.25) is 0 Å². The molecule has 3 aromatic carbocycles. The van der Waals surface area contributed by atoms with E-state index >= 15 is 0 Å². The summed E-state index contributed by atoms with van der Waals surface area (Å²) < 4.78 is 13.0. The predicted molar refractivity (Wildman–Crippen MR) is 127 cm³/mol. The van der Waals surface area contributed by atoms with Gasteiger partial charge in [-0.25, -0.2) is 5.01 Å². The third-order valence-electron chi connectivity index (χ3n) is 5.46. The first-order chi connectivity index (χ1) is 15.1. The number of hydrazone groups is 1. The third-order valence-corrected chi connectivity index (χ3v) is 6.21. The normalized spacial score (nSPS) is 19.2. The van der Waals surface area contributed by atoms with Crippen LogP contribution in [0.1, 0.15) is 35.4 Å². The van der Waals surface area contributed by atoms with Gasteiger partial charge in [-0.05, 0) is 60.2 Å². The zero-order chi connectivity index (χ0) is 21.4. The maximum absolute atomic E-state index is 6.40. The molecule has 0 N–H and O–H groups in total. The second-order valence-electron chi connectivity index (χ2n) is 7.47. The summed E-state index contributed by atoms with van der Waals surface area (Å²) in [4.78, 5) is 0. The Kier molecular flexibility index (Phi) is 5.47. The van der Waals surface area contributed by atoms with Crippen LogP contribution in [0.4, 0.5) is 0 Å². The Morgan fingerprint density at radius 3 is 2.65 bits per heavy atom.